The van der Waals surface area contributed by atoms with E-state index in [4.69, 9.17) is 4.42 Å². The van der Waals surface area contributed by atoms with Gasteiger partial charge in [0.1, 0.15) is 5.82 Å². The highest BCUT2D eigenvalue weighted by Crippen LogP contribution is 2.40. The van der Waals surface area contributed by atoms with Crippen molar-refractivity contribution in [2.45, 2.75) is 23.7 Å². The molecular weight excluding hydrogens is 423 g/mol. The first kappa shape index (κ1) is 17.2. The number of sulfonamides is 1. The van der Waals surface area contributed by atoms with Gasteiger partial charge in [0.05, 0.1) is 16.8 Å². The molecule has 0 amide bonds. The van der Waals surface area contributed by atoms with Crippen LogP contribution in [0.25, 0.3) is 11.3 Å². The summed E-state index contributed by atoms with van der Waals surface area (Å²) in [6.45, 7) is 0. The number of aromatic nitrogens is 1. The van der Waals surface area contributed by atoms with Crippen LogP contribution in [0.2, 0.25) is 0 Å². The molecule has 0 aliphatic heterocycles. The molecule has 2 aromatic carbocycles. The molecule has 26 heavy (non-hydrogen) atoms. The molecule has 1 saturated carbocycles. The van der Waals surface area contributed by atoms with E-state index in [0.717, 1.165) is 24.3 Å². The Morgan fingerprint density at radius 3 is 2.54 bits per heavy atom. The second kappa shape index (κ2) is 6.51. The summed E-state index contributed by atoms with van der Waals surface area (Å²) in [5, 5.41) is 0. The van der Waals surface area contributed by atoms with Gasteiger partial charge in [0.25, 0.3) is 10.0 Å². The van der Waals surface area contributed by atoms with Crippen LogP contribution in [0.3, 0.4) is 0 Å². The van der Waals surface area contributed by atoms with Crippen molar-refractivity contribution >= 4 is 31.6 Å². The first-order valence-corrected chi connectivity index (χ1v) is 10.2. The quantitative estimate of drug-likeness (QED) is 0.615. The molecule has 0 unspecified atom stereocenters. The molecule has 0 saturated heterocycles. The van der Waals surface area contributed by atoms with Gasteiger partial charge in [-0.15, -0.1) is 0 Å². The Balaban J connectivity index is 1.56. The Kier molecular flexibility index (Phi) is 4.32. The molecule has 1 aromatic heterocycles. The van der Waals surface area contributed by atoms with Gasteiger partial charge >= 0.3 is 0 Å². The minimum atomic E-state index is -3.90. The smallest absolute Gasteiger partial charge is 0.261 e. The fourth-order valence-corrected chi connectivity index (χ4v) is 3.91. The molecule has 1 aliphatic carbocycles. The topological polar surface area (TPSA) is 72.2 Å². The number of halogens is 2. The van der Waals surface area contributed by atoms with E-state index < -0.39 is 15.8 Å². The molecule has 3 aromatic rings. The van der Waals surface area contributed by atoms with Gasteiger partial charge in [-0.2, -0.15) is 0 Å². The Hall–Kier alpha value is -2.19. The van der Waals surface area contributed by atoms with Gasteiger partial charge in [0.15, 0.2) is 11.7 Å². The molecule has 1 N–H and O–H groups in total. The van der Waals surface area contributed by atoms with Crippen LogP contribution in [0.4, 0.5) is 10.1 Å². The predicted octanol–water partition coefficient (Wildman–Crippen LogP) is 4.92. The van der Waals surface area contributed by atoms with Crippen LogP contribution in [0.5, 0.6) is 0 Å². The van der Waals surface area contributed by atoms with Crippen LogP contribution in [0.1, 0.15) is 24.7 Å². The molecule has 0 radical (unpaired) electrons. The van der Waals surface area contributed by atoms with E-state index >= 15 is 0 Å². The summed E-state index contributed by atoms with van der Waals surface area (Å²) >= 11 is 3.13. The summed E-state index contributed by atoms with van der Waals surface area (Å²) < 4.78 is 47.3. The average molecular weight is 437 g/mol. The lowest BCUT2D eigenvalue weighted by Crippen LogP contribution is -2.13. The largest absolute Gasteiger partial charge is 0.440 e. The zero-order valence-corrected chi connectivity index (χ0v) is 15.8. The summed E-state index contributed by atoms with van der Waals surface area (Å²) in [7, 11) is -3.90. The van der Waals surface area contributed by atoms with Crippen molar-refractivity contribution in [2.75, 3.05) is 4.72 Å². The van der Waals surface area contributed by atoms with Crippen LogP contribution in [-0.4, -0.2) is 13.4 Å². The van der Waals surface area contributed by atoms with Crippen LogP contribution in [0, 0.1) is 5.82 Å². The average Bonchev–Trinajstić information content (AvgIpc) is 3.35. The zero-order chi connectivity index (χ0) is 18.3. The molecule has 8 heteroatoms. The second-order valence-electron chi connectivity index (χ2n) is 6.09. The van der Waals surface area contributed by atoms with E-state index in [2.05, 4.69) is 25.6 Å². The van der Waals surface area contributed by atoms with Crippen molar-refractivity contribution < 1.29 is 17.2 Å². The molecule has 134 valence electrons. The summed E-state index contributed by atoms with van der Waals surface area (Å²) in [5.74, 6) is 1.08. The van der Waals surface area contributed by atoms with Gasteiger partial charge < -0.3 is 4.42 Å². The minimum absolute atomic E-state index is 0.0329. The number of benzene rings is 2. The maximum Gasteiger partial charge on any atom is 0.261 e. The van der Waals surface area contributed by atoms with Crippen molar-refractivity contribution in [3.8, 4) is 11.3 Å². The van der Waals surface area contributed by atoms with Gasteiger partial charge in [-0.1, -0.05) is 15.9 Å². The summed E-state index contributed by atoms with van der Waals surface area (Å²) in [5.41, 5.74) is 0.625. The molecule has 0 atom stereocenters. The first-order valence-electron chi connectivity index (χ1n) is 7.96. The Morgan fingerprint density at radius 2 is 1.88 bits per heavy atom. The lowest BCUT2D eigenvalue weighted by atomic mass is 10.2. The number of rotatable bonds is 5. The van der Waals surface area contributed by atoms with E-state index in [-0.39, 0.29) is 10.6 Å². The molecule has 1 heterocycles. The molecule has 4 rings (SSSR count). The number of nitrogens with one attached hydrogen (secondary N) is 1. The first-order chi connectivity index (χ1) is 12.4. The Bertz CT molecular complexity index is 1060. The van der Waals surface area contributed by atoms with Gasteiger partial charge in [0, 0.05) is 16.0 Å². The van der Waals surface area contributed by atoms with Crippen molar-refractivity contribution in [3.05, 3.63) is 64.8 Å². The van der Waals surface area contributed by atoms with Crippen LogP contribution >= 0.6 is 15.9 Å². The third kappa shape index (κ3) is 3.52. The fourth-order valence-electron chi connectivity index (χ4n) is 2.51. The minimum Gasteiger partial charge on any atom is -0.440 e. The molecule has 1 fully saturated rings. The second-order valence-corrected chi connectivity index (χ2v) is 8.69. The third-order valence-electron chi connectivity index (χ3n) is 4.07. The van der Waals surface area contributed by atoms with Crippen LogP contribution in [-0.2, 0) is 10.0 Å². The zero-order valence-electron chi connectivity index (χ0n) is 13.4. The summed E-state index contributed by atoms with van der Waals surface area (Å²) in [4.78, 5) is 4.29. The number of hydrogen-bond acceptors (Lipinski definition) is 4. The Morgan fingerprint density at radius 1 is 1.15 bits per heavy atom. The predicted molar refractivity (Wildman–Crippen MR) is 98.8 cm³/mol. The standard InChI is InChI=1S/C18H14BrFN2O3S/c19-13-5-8-16(15(20)9-13)22-26(23,24)14-6-3-11(4-7-14)17-10-21-18(25-17)12-1-2-12/h3-10,12,22H,1-2H2. The molecule has 0 spiro atoms. The highest BCUT2D eigenvalue weighted by atomic mass is 79.9. The lowest BCUT2D eigenvalue weighted by Gasteiger charge is -2.09. The maximum atomic E-state index is 13.9. The summed E-state index contributed by atoms with van der Waals surface area (Å²) in [6.07, 6.45) is 3.83. The van der Waals surface area contributed by atoms with E-state index in [1.54, 1.807) is 24.4 Å². The highest BCUT2D eigenvalue weighted by molar-refractivity contribution is 9.10. The van der Waals surface area contributed by atoms with Crippen molar-refractivity contribution in [1.82, 2.24) is 4.98 Å². The number of hydrogen-bond donors (Lipinski definition) is 1. The van der Waals surface area contributed by atoms with E-state index in [1.807, 2.05) is 0 Å². The monoisotopic (exact) mass is 436 g/mol. The molecule has 0 bridgehead atoms. The van der Waals surface area contributed by atoms with E-state index in [0.29, 0.717) is 16.2 Å². The number of anilines is 1. The van der Waals surface area contributed by atoms with E-state index in [1.165, 1.54) is 24.3 Å². The normalized spacial score (nSPS) is 14.4. The van der Waals surface area contributed by atoms with Gasteiger partial charge in [-0.25, -0.2) is 17.8 Å². The van der Waals surface area contributed by atoms with Crippen molar-refractivity contribution in [3.63, 3.8) is 0 Å². The van der Waals surface area contributed by atoms with Crippen molar-refractivity contribution in [1.29, 1.82) is 0 Å². The van der Waals surface area contributed by atoms with E-state index in [9.17, 15) is 12.8 Å². The molecule has 5 nitrogen and oxygen atoms in total. The molecule has 1 aliphatic rings. The lowest BCUT2D eigenvalue weighted by molar-refractivity contribution is 0.509. The SMILES string of the molecule is O=S(=O)(Nc1ccc(Br)cc1F)c1ccc(-c2cnc(C3CC3)o2)cc1. The maximum absolute atomic E-state index is 13.9. The van der Waals surface area contributed by atoms with Crippen molar-refractivity contribution in [2.24, 2.45) is 0 Å². The third-order valence-corrected chi connectivity index (χ3v) is 5.95. The number of nitrogens with zero attached hydrogens (tertiary/aromatic N) is 1. The Labute approximate surface area is 158 Å². The number of oxazole rings is 1. The fraction of sp³-hybridized carbons (Fsp3) is 0.167. The summed E-state index contributed by atoms with van der Waals surface area (Å²) in [6, 6.07) is 10.3. The van der Waals surface area contributed by atoms with Crippen LogP contribution < -0.4 is 4.72 Å². The molecular formula is C18H14BrFN2O3S. The van der Waals surface area contributed by atoms with Gasteiger partial charge in [-0.05, 0) is 55.3 Å². The van der Waals surface area contributed by atoms with Gasteiger partial charge in [-0.3, -0.25) is 4.72 Å². The highest BCUT2D eigenvalue weighted by Gasteiger charge is 2.28. The van der Waals surface area contributed by atoms with Crippen LogP contribution in [0.15, 0.2) is 62.4 Å². The van der Waals surface area contributed by atoms with Gasteiger partial charge in [0.2, 0.25) is 0 Å².